The van der Waals surface area contributed by atoms with Crippen LogP contribution in [0.5, 0.6) is 0 Å². The summed E-state index contributed by atoms with van der Waals surface area (Å²) in [5, 5.41) is 2.51. The van der Waals surface area contributed by atoms with Crippen molar-refractivity contribution >= 4 is 10.8 Å². The van der Waals surface area contributed by atoms with E-state index < -0.39 is 0 Å². The van der Waals surface area contributed by atoms with Gasteiger partial charge in [-0.2, -0.15) is 29.8 Å². The molecule has 0 nitrogen and oxygen atoms in total. The monoisotopic (exact) mass is 579 g/mol. The van der Waals surface area contributed by atoms with Gasteiger partial charge in [0.2, 0.25) is 0 Å². The van der Waals surface area contributed by atoms with Crippen LogP contribution in [-0.4, -0.2) is 0 Å². The minimum absolute atomic E-state index is 0. The maximum Gasteiger partial charge on any atom is 0 e. The Bertz CT molecular complexity index is 1270. The summed E-state index contributed by atoms with van der Waals surface area (Å²) in [7, 11) is 0. The summed E-state index contributed by atoms with van der Waals surface area (Å²) < 4.78 is 0. The second-order valence-corrected chi connectivity index (χ2v) is 9.91. The second kappa shape index (κ2) is 7.44. The molecule has 6 rings (SSSR count). The van der Waals surface area contributed by atoms with Gasteiger partial charge in [-0.3, -0.25) is 0 Å². The quantitative estimate of drug-likeness (QED) is 0.209. The Hall–Kier alpha value is -2.21. The fourth-order valence-electron chi connectivity index (χ4n) is 5.46. The van der Waals surface area contributed by atoms with Crippen molar-refractivity contribution in [1.29, 1.82) is 0 Å². The molecule has 2 aliphatic rings. The van der Waals surface area contributed by atoms with E-state index in [-0.39, 0.29) is 25.5 Å². The van der Waals surface area contributed by atoms with Gasteiger partial charge in [-0.15, -0.1) is 28.1 Å². The number of aryl methyl sites for hydroxylation is 4. The first-order chi connectivity index (χ1) is 14.5. The molecule has 0 aliphatic heterocycles. The summed E-state index contributed by atoms with van der Waals surface area (Å²) in [4.78, 5) is 0. The molecule has 1 radical (unpaired) electrons. The Kier molecular flexibility index (Phi) is 4.96. The topological polar surface area (TPSA) is 0 Å². The Labute approximate surface area is 199 Å². The molecule has 0 bridgehead atoms. The van der Waals surface area contributed by atoms with Gasteiger partial charge in [-0.05, 0) is 42.2 Å². The summed E-state index contributed by atoms with van der Waals surface area (Å²) >= 11 is 0. The third-order valence-corrected chi connectivity index (χ3v) is 6.90. The fourth-order valence-corrected chi connectivity index (χ4v) is 5.46. The van der Waals surface area contributed by atoms with E-state index in [0.717, 1.165) is 25.7 Å². The SMILES string of the molecule is CC(C)(C)c1cc(-c2[c-]c3c4c(c2)CCc2cccc(c2-4)CC3)[c-]c2ccccc12.[Ir]. The molecule has 0 saturated heterocycles. The number of hydrogen-bond donors (Lipinski definition) is 0. The molecule has 1 heteroatoms. The van der Waals surface area contributed by atoms with Gasteiger partial charge in [0.05, 0.1) is 0 Å². The summed E-state index contributed by atoms with van der Waals surface area (Å²) in [5.74, 6) is 0. The molecule has 0 spiro atoms. The minimum Gasteiger partial charge on any atom is -0.209 e. The molecule has 0 saturated carbocycles. The van der Waals surface area contributed by atoms with E-state index in [1.807, 2.05) is 0 Å². The maximum absolute atomic E-state index is 3.84. The van der Waals surface area contributed by atoms with Gasteiger partial charge >= 0.3 is 0 Å². The molecule has 4 aromatic rings. The van der Waals surface area contributed by atoms with Crippen molar-refractivity contribution in [3.8, 4) is 22.3 Å². The van der Waals surface area contributed by atoms with Gasteiger partial charge in [0.1, 0.15) is 0 Å². The summed E-state index contributed by atoms with van der Waals surface area (Å²) in [6, 6.07) is 27.9. The predicted molar refractivity (Wildman–Crippen MR) is 126 cm³/mol. The maximum atomic E-state index is 3.84. The number of benzene rings is 4. The third kappa shape index (κ3) is 3.30. The fraction of sp³-hybridized carbons (Fsp3) is 0.267. The molecular formula is C30H26Ir-2. The van der Waals surface area contributed by atoms with Crippen LogP contribution >= 0.6 is 0 Å². The first kappa shape index (κ1) is 20.7. The van der Waals surface area contributed by atoms with E-state index in [9.17, 15) is 0 Å². The van der Waals surface area contributed by atoms with Gasteiger partial charge in [0.25, 0.3) is 0 Å². The van der Waals surface area contributed by atoms with Crippen LogP contribution in [0.4, 0.5) is 0 Å². The molecule has 0 atom stereocenters. The van der Waals surface area contributed by atoms with Crippen LogP contribution in [0.1, 0.15) is 48.6 Å². The second-order valence-electron chi connectivity index (χ2n) is 9.91. The molecule has 0 aromatic heterocycles. The van der Waals surface area contributed by atoms with Gasteiger partial charge in [0, 0.05) is 20.1 Å². The zero-order valence-electron chi connectivity index (χ0n) is 18.4. The molecule has 0 amide bonds. The molecule has 0 unspecified atom stereocenters. The van der Waals surface area contributed by atoms with Gasteiger partial charge in [-0.25, -0.2) is 5.56 Å². The minimum atomic E-state index is 0. The predicted octanol–water partition coefficient (Wildman–Crippen LogP) is 7.27. The van der Waals surface area contributed by atoms with E-state index in [1.54, 1.807) is 0 Å². The summed E-state index contributed by atoms with van der Waals surface area (Å²) in [5.41, 5.74) is 12.8. The molecule has 157 valence electrons. The Balaban J connectivity index is 0.00000204. The van der Waals surface area contributed by atoms with E-state index in [1.165, 1.54) is 60.8 Å². The van der Waals surface area contributed by atoms with Crippen LogP contribution in [-0.2, 0) is 51.2 Å². The number of hydrogen-bond acceptors (Lipinski definition) is 0. The smallest absolute Gasteiger partial charge is 0 e. The Morgan fingerprint density at radius 2 is 1.35 bits per heavy atom. The van der Waals surface area contributed by atoms with Crippen LogP contribution in [0.2, 0.25) is 0 Å². The van der Waals surface area contributed by atoms with Crippen LogP contribution in [0, 0.1) is 12.1 Å². The molecule has 0 fully saturated rings. The number of fused-ring (bicyclic) bond motifs is 1. The third-order valence-electron chi connectivity index (χ3n) is 6.90. The Morgan fingerprint density at radius 3 is 2.13 bits per heavy atom. The largest absolute Gasteiger partial charge is 0.209 e. The zero-order chi connectivity index (χ0) is 20.5. The first-order valence-corrected chi connectivity index (χ1v) is 11.1. The van der Waals surface area contributed by atoms with E-state index in [0.29, 0.717) is 0 Å². The van der Waals surface area contributed by atoms with Crippen molar-refractivity contribution in [3.63, 3.8) is 0 Å². The van der Waals surface area contributed by atoms with Crippen molar-refractivity contribution in [2.24, 2.45) is 0 Å². The van der Waals surface area contributed by atoms with E-state index in [2.05, 4.69) is 87.5 Å². The molecule has 0 heterocycles. The first-order valence-electron chi connectivity index (χ1n) is 11.1. The van der Waals surface area contributed by atoms with Gasteiger partial charge < -0.3 is 0 Å². The average molecular weight is 579 g/mol. The van der Waals surface area contributed by atoms with Crippen molar-refractivity contribution in [2.45, 2.75) is 51.9 Å². The van der Waals surface area contributed by atoms with Crippen molar-refractivity contribution < 1.29 is 20.1 Å². The zero-order valence-corrected chi connectivity index (χ0v) is 20.8. The van der Waals surface area contributed by atoms with Crippen LogP contribution in [0.15, 0.2) is 54.6 Å². The summed E-state index contributed by atoms with van der Waals surface area (Å²) in [6.07, 6.45) is 4.49. The van der Waals surface area contributed by atoms with Crippen molar-refractivity contribution in [2.75, 3.05) is 0 Å². The molecule has 31 heavy (non-hydrogen) atoms. The van der Waals surface area contributed by atoms with Crippen molar-refractivity contribution in [1.82, 2.24) is 0 Å². The average Bonchev–Trinajstić information content (AvgIpc) is 2.76. The van der Waals surface area contributed by atoms with Crippen molar-refractivity contribution in [3.05, 3.63) is 94.5 Å². The molecule has 4 aromatic carbocycles. The Morgan fingerprint density at radius 1 is 0.677 bits per heavy atom. The summed E-state index contributed by atoms with van der Waals surface area (Å²) in [6.45, 7) is 6.91. The van der Waals surface area contributed by atoms with E-state index >= 15 is 0 Å². The number of rotatable bonds is 1. The van der Waals surface area contributed by atoms with Crippen LogP contribution in [0.25, 0.3) is 33.0 Å². The van der Waals surface area contributed by atoms with Crippen LogP contribution in [0.3, 0.4) is 0 Å². The normalized spacial score (nSPS) is 14.2. The molecular weight excluding hydrogens is 553 g/mol. The van der Waals surface area contributed by atoms with Crippen LogP contribution < -0.4 is 0 Å². The van der Waals surface area contributed by atoms with Gasteiger partial charge in [-0.1, -0.05) is 73.7 Å². The van der Waals surface area contributed by atoms with E-state index in [4.69, 9.17) is 0 Å². The molecule has 0 N–H and O–H groups in total. The van der Waals surface area contributed by atoms with Gasteiger partial charge in [0.15, 0.2) is 0 Å². The standard InChI is InChI=1S/C30H26.Ir/c1-30(2,3)27-18-25(15-21-7-4-5-10-26(21)27)24-16-22-13-11-19-8-6-9-20-12-14-23(17-24)29(22)28(19)20;/h4-10,16,18H,11-14H2,1-3H3;/q-2;. The molecule has 2 aliphatic carbocycles.